The molecule has 4 nitrogen and oxygen atoms in total. The van der Waals surface area contributed by atoms with E-state index in [2.05, 4.69) is 5.32 Å². The average molecular weight is 413 g/mol. The van der Waals surface area contributed by atoms with Crippen LogP contribution < -0.4 is 10.1 Å². The number of aromatic nitrogens is 1. The van der Waals surface area contributed by atoms with Crippen LogP contribution in [0.25, 0.3) is 0 Å². The predicted molar refractivity (Wildman–Crippen MR) is 107 cm³/mol. The van der Waals surface area contributed by atoms with Crippen molar-refractivity contribution >= 4 is 40.4 Å². The van der Waals surface area contributed by atoms with Gasteiger partial charge in [-0.2, -0.15) is 0 Å². The summed E-state index contributed by atoms with van der Waals surface area (Å²) in [6.07, 6.45) is 5.93. The molecule has 1 atom stereocenters. The van der Waals surface area contributed by atoms with Crippen molar-refractivity contribution in [3.05, 3.63) is 43.8 Å². The van der Waals surface area contributed by atoms with Crippen LogP contribution in [0.15, 0.2) is 18.2 Å². The fourth-order valence-electron chi connectivity index (χ4n) is 2.93. The number of halogens is 2. The summed E-state index contributed by atoms with van der Waals surface area (Å²) in [6, 6.07) is 5.11. The summed E-state index contributed by atoms with van der Waals surface area (Å²) >= 11 is 13.9. The van der Waals surface area contributed by atoms with Crippen LogP contribution in [-0.2, 0) is 24.1 Å². The van der Waals surface area contributed by atoms with E-state index in [1.807, 2.05) is 11.3 Å². The highest BCUT2D eigenvalue weighted by molar-refractivity contribution is 7.11. The van der Waals surface area contributed by atoms with Gasteiger partial charge in [-0.05, 0) is 51.2 Å². The summed E-state index contributed by atoms with van der Waals surface area (Å²) in [5.74, 6) is 0.245. The molecular formula is C19H22Cl2N2O2S. The first-order valence-electron chi connectivity index (χ1n) is 8.90. The number of nitrogens with zero attached hydrogens (tertiary/aromatic N) is 1. The molecule has 1 aromatic heterocycles. The van der Waals surface area contributed by atoms with E-state index in [4.69, 9.17) is 32.9 Å². The largest absolute Gasteiger partial charge is 0.479 e. The first-order chi connectivity index (χ1) is 12.5. The molecule has 1 unspecified atom stereocenters. The highest BCUT2D eigenvalue weighted by Gasteiger charge is 2.17. The lowest BCUT2D eigenvalue weighted by Gasteiger charge is -2.15. The van der Waals surface area contributed by atoms with E-state index in [1.165, 1.54) is 34.8 Å². The lowest BCUT2D eigenvalue weighted by atomic mass is 10.0. The number of carbonyl (C=O) groups excluding carboxylic acids is 1. The minimum Gasteiger partial charge on any atom is -0.479 e. The monoisotopic (exact) mass is 412 g/mol. The van der Waals surface area contributed by atoms with Crippen molar-refractivity contribution in [2.24, 2.45) is 0 Å². The van der Waals surface area contributed by atoms with Gasteiger partial charge in [-0.1, -0.05) is 29.3 Å². The maximum absolute atomic E-state index is 12.2. The molecule has 1 heterocycles. The van der Waals surface area contributed by atoms with E-state index in [1.54, 1.807) is 25.1 Å². The van der Waals surface area contributed by atoms with Crippen LogP contribution in [0.5, 0.6) is 5.75 Å². The van der Waals surface area contributed by atoms with E-state index in [9.17, 15) is 4.79 Å². The van der Waals surface area contributed by atoms with Gasteiger partial charge >= 0.3 is 0 Å². The van der Waals surface area contributed by atoms with Gasteiger partial charge in [-0.25, -0.2) is 4.98 Å². The molecule has 2 aromatic rings. The minimum absolute atomic E-state index is 0.167. The number of aryl methyl sites for hydroxylation is 3. The van der Waals surface area contributed by atoms with Crippen LogP contribution in [0, 0.1) is 0 Å². The van der Waals surface area contributed by atoms with Crippen molar-refractivity contribution in [1.82, 2.24) is 10.3 Å². The SMILES string of the molecule is CC(Oc1cccc(Cl)c1Cl)C(=O)NCCCc1nc2c(s1)CCCC2. The third-order valence-corrected chi connectivity index (χ3v) is 6.36. The Hall–Kier alpha value is -1.30. The van der Waals surface area contributed by atoms with Gasteiger partial charge in [0.1, 0.15) is 10.8 Å². The Labute approximate surface area is 167 Å². The number of hydrogen-bond acceptors (Lipinski definition) is 4. The second-order valence-corrected chi connectivity index (χ2v) is 8.34. The van der Waals surface area contributed by atoms with Gasteiger partial charge < -0.3 is 10.1 Å². The molecule has 140 valence electrons. The number of hydrogen-bond donors (Lipinski definition) is 1. The average Bonchev–Trinajstić information content (AvgIpc) is 3.05. The molecule has 0 fully saturated rings. The van der Waals surface area contributed by atoms with E-state index < -0.39 is 6.10 Å². The Kier molecular flexibility index (Phi) is 6.79. The summed E-state index contributed by atoms with van der Waals surface area (Å²) in [6.45, 7) is 2.29. The molecule has 26 heavy (non-hydrogen) atoms. The molecule has 0 radical (unpaired) electrons. The number of carbonyl (C=O) groups is 1. The smallest absolute Gasteiger partial charge is 0.260 e. The Morgan fingerprint density at radius 1 is 1.35 bits per heavy atom. The molecule has 0 aliphatic heterocycles. The molecular weight excluding hydrogens is 391 g/mol. The molecule has 0 saturated carbocycles. The van der Waals surface area contributed by atoms with Gasteiger partial charge in [0.2, 0.25) is 0 Å². The van der Waals surface area contributed by atoms with E-state index >= 15 is 0 Å². The third-order valence-electron chi connectivity index (χ3n) is 4.35. The van der Waals surface area contributed by atoms with Crippen LogP contribution in [0.2, 0.25) is 10.0 Å². The molecule has 3 rings (SSSR count). The van der Waals surface area contributed by atoms with Crippen LogP contribution in [-0.4, -0.2) is 23.5 Å². The zero-order valence-corrected chi connectivity index (χ0v) is 17.0. The maximum Gasteiger partial charge on any atom is 0.260 e. The number of fused-ring (bicyclic) bond motifs is 1. The lowest BCUT2D eigenvalue weighted by Crippen LogP contribution is -2.37. The summed E-state index contributed by atoms with van der Waals surface area (Å²) in [7, 11) is 0. The predicted octanol–water partition coefficient (Wildman–Crippen LogP) is 4.85. The summed E-state index contributed by atoms with van der Waals surface area (Å²) in [5, 5.41) is 4.81. The van der Waals surface area contributed by atoms with Gasteiger partial charge in [0.25, 0.3) is 5.91 Å². The van der Waals surface area contributed by atoms with Crippen LogP contribution in [0.1, 0.15) is 41.8 Å². The molecule has 1 aromatic carbocycles. The van der Waals surface area contributed by atoms with Crippen molar-refractivity contribution in [2.75, 3.05) is 6.54 Å². The number of rotatable bonds is 7. The summed E-state index contributed by atoms with van der Waals surface area (Å²) in [5.41, 5.74) is 1.29. The van der Waals surface area contributed by atoms with Crippen molar-refractivity contribution in [1.29, 1.82) is 0 Å². The van der Waals surface area contributed by atoms with E-state index in [0.29, 0.717) is 22.3 Å². The van der Waals surface area contributed by atoms with Crippen LogP contribution >= 0.6 is 34.5 Å². The zero-order valence-electron chi connectivity index (χ0n) is 14.7. The van der Waals surface area contributed by atoms with Crippen LogP contribution in [0.4, 0.5) is 0 Å². The highest BCUT2D eigenvalue weighted by Crippen LogP contribution is 2.32. The molecule has 0 bridgehead atoms. The van der Waals surface area contributed by atoms with Gasteiger partial charge in [0.05, 0.1) is 15.7 Å². The number of nitrogens with one attached hydrogen (secondary N) is 1. The third kappa shape index (κ3) is 4.90. The summed E-state index contributed by atoms with van der Waals surface area (Å²) in [4.78, 5) is 18.4. The standard InChI is InChI=1S/C19H22Cl2N2O2S/c1-12(25-15-8-4-6-13(20)18(15)21)19(24)22-11-5-10-17-23-14-7-2-3-9-16(14)26-17/h4,6,8,12H,2-3,5,7,9-11H2,1H3,(H,22,24). The van der Waals surface area contributed by atoms with E-state index in [-0.39, 0.29) is 5.91 Å². The number of amides is 1. The molecule has 7 heteroatoms. The first kappa shape index (κ1) is 19.5. The topological polar surface area (TPSA) is 51.2 Å². The quantitative estimate of drug-likeness (QED) is 0.661. The van der Waals surface area contributed by atoms with Gasteiger partial charge in [-0.3, -0.25) is 4.79 Å². The molecule has 1 N–H and O–H groups in total. The molecule has 1 amide bonds. The van der Waals surface area contributed by atoms with Crippen molar-refractivity contribution < 1.29 is 9.53 Å². The fourth-order valence-corrected chi connectivity index (χ4v) is 4.46. The lowest BCUT2D eigenvalue weighted by molar-refractivity contribution is -0.127. The Morgan fingerprint density at radius 2 is 2.15 bits per heavy atom. The number of ether oxygens (including phenoxy) is 1. The fraction of sp³-hybridized carbons (Fsp3) is 0.474. The Bertz CT molecular complexity index is 755. The van der Waals surface area contributed by atoms with Crippen molar-refractivity contribution in [3.8, 4) is 5.75 Å². The zero-order chi connectivity index (χ0) is 18.5. The molecule has 1 aliphatic rings. The van der Waals surface area contributed by atoms with Crippen molar-refractivity contribution in [3.63, 3.8) is 0 Å². The van der Waals surface area contributed by atoms with E-state index in [0.717, 1.165) is 19.3 Å². The molecule has 1 aliphatic carbocycles. The second kappa shape index (κ2) is 9.07. The van der Waals surface area contributed by atoms with Crippen molar-refractivity contribution in [2.45, 2.75) is 51.6 Å². The number of thiazole rings is 1. The molecule has 0 saturated heterocycles. The number of benzene rings is 1. The molecule has 0 spiro atoms. The normalized spacial score (nSPS) is 14.6. The maximum atomic E-state index is 12.2. The Balaban J connectivity index is 1.42. The summed E-state index contributed by atoms with van der Waals surface area (Å²) < 4.78 is 5.62. The second-order valence-electron chi connectivity index (χ2n) is 6.39. The van der Waals surface area contributed by atoms with Gasteiger partial charge in [0.15, 0.2) is 6.10 Å². The highest BCUT2D eigenvalue weighted by atomic mass is 35.5. The first-order valence-corrected chi connectivity index (χ1v) is 10.5. The Morgan fingerprint density at radius 3 is 2.96 bits per heavy atom. The van der Waals surface area contributed by atoms with Gasteiger partial charge in [-0.15, -0.1) is 11.3 Å². The van der Waals surface area contributed by atoms with Gasteiger partial charge in [0, 0.05) is 17.8 Å². The minimum atomic E-state index is -0.641. The van der Waals surface area contributed by atoms with Crippen LogP contribution in [0.3, 0.4) is 0 Å².